The summed E-state index contributed by atoms with van der Waals surface area (Å²) >= 11 is 3.36. The molecule has 0 radical (unpaired) electrons. The Hall–Kier alpha value is -1.59. The topological polar surface area (TPSA) is 38.7 Å². The lowest BCUT2D eigenvalue weighted by molar-refractivity contribution is 0.172. The summed E-state index contributed by atoms with van der Waals surface area (Å²) in [6.07, 6.45) is -0.560. The van der Waals surface area contributed by atoms with Gasteiger partial charge >= 0.3 is 0 Å². The molecule has 112 valence electrons. The SMILES string of the molecule is COc1cccc(C(O)Cc2cc(F)ccc2Br)c1OC. The molecule has 0 saturated heterocycles. The molecule has 1 atom stereocenters. The van der Waals surface area contributed by atoms with E-state index in [1.54, 1.807) is 24.3 Å². The van der Waals surface area contributed by atoms with Crippen LogP contribution in [0.25, 0.3) is 0 Å². The lowest BCUT2D eigenvalue weighted by atomic mass is 10.00. The highest BCUT2D eigenvalue weighted by Gasteiger charge is 2.18. The Kier molecular flexibility index (Phi) is 5.20. The standard InChI is InChI=1S/C16H16BrFO3/c1-20-15-5-3-4-12(16(15)21-2)14(19)9-10-8-11(18)6-7-13(10)17/h3-8,14,19H,9H2,1-2H3. The van der Waals surface area contributed by atoms with Crippen LogP contribution in [0.15, 0.2) is 40.9 Å². The lowest BCUT2D eigenvalue weighted by Gasteiger charge is -2.17. The van der Waals surface area contributed by atoms with Gasteiger partial charge in [0.25, 0.3) is 0 Å². The van der Waals surface area contributed by atoms with Crippen LogP contribution in [0.3, 0.4) is 0 Å². The number of aliphatic hydroxyl groups is 1. The fraction of sp³-hybridized carbons (Fsp3) is 0.250. The van der Waals surface area contributed by atoms with Crippen molar-refractivity contribution < 1.29 is 19.0 Å². The van der Waals surface area contributed by atoms with Crippen molar-refractivity contribution in [2.75, 3.05) is 14.2 Å². The predicted molar refractivity (Wildman–Crippen MR) is 82.3 cm³/mol. The number of benzene rings is 2. The Labute approximate surface area is 131 Å². The number of ether oxygens (including phenoxy) is 2. The molecule has 2 rings (SSSR count). The number of halogens is 2. The summed E-state index contributed by atoms with van der Waals surface area (Å²) in [5.41, 5.74) is 1.29. The zero-order valence-electron chi connectivity index (χ0n) is 11.8. The highest BCUT2D eigenvalue weighted by molar-refractivity contribution is 9.10. The molecule has 1 N–H and O–H groups in total. The number of aliphatic hydroxyl groups excluding tert-OH is 1. The number of methoxy groups -OCH3 is 2. The average molecular weight is 355 g/mol. The van der Waals surface area contributed by atoms with Gasteiger partial charge in [0.05, 0.1) is 20.3 Å². The molecule has 0 aliphatic carbocycles. The van der Waals surface area contributed by atoms with E-state index in [9.17, 15) is 9.50 Å². The Morgan fingerprint density at radius 2 is 1.95 bits per heavy atom. The normalized spacial score (nSPS) is 12.0. The van der Waals surface area contributed by atoms with Crippen molar-refractivity contribution >= 4 is 15.9 Å². The van der Waals surface area contributed by atoms with Gasteiger partial charge in [0, 0.05) is 16.5 Å². The molecule has 21 heavy (non-hydrogen) atoms. The van der Waals surface area contributed by atoms with Crippen LogP contribution in [-0.2, 0) is 6.42 Å². The van der Waals surface area contributed by atoms with E-state index in [1.165, 1.54) is 26.4 Å². The summed E-state index contributed by atoms with van der Waals surface area (Å²) < 4.78 is 24.6. The van der Waals surface area contributed by atoms with Gasteiger partial charge in [-0.2, -0.15) is 0 Å². The van der Waals surface area contributed by atoms with E-state index in [4.69, 9.17) is 9.47 Å². The molecular formula is C16H16BrFO3. The first kappa shape index (κ1) is 15.8. The van der Waals surface area contributed by atoms with Crippen molar-refractivity contribution in [3.8, 4) is 11.5 Å². The average Bonchev–Trinajstić information content (AvgIpc) is 2.49. The van der Waals surface area contributed by atoms with Gasteiger partial charge in [0.15, 0.2) is 11.5 Å². The largest absolute Gasteiger partial charge is 0.493 e. The second kappa shape index (κ2) is 6.91. The van der Waals surface area contributed by atoms with E-state index in [-0.39, 0.29) is 12.2 Å². The molecule has 0 bridgehead atoms. The summed E-state index contributed by atoms with van der Waals surface area (Å²) in [5.74, 6) is 0.699. The van der Waals surface area contributed by atoms with Crippen LogP contribution in [0.1, 0.15) is 17.2 Å². The molecule has 0 aliphatic heterocycles. The highest BCUT2D eigenvalue weighted by atomic mass is 79.9. The molecule has 3 nitrogen and oxygen atoms in total. The summed E-state index contributed by atoms with van der Waals surface area (Å²) in [6, 6.07) is 9.69. The number of rotatable bonds is 5. The molecular weight excluding hydrogens is 339 g/mol. The summed E-state index contributed by atoms with van der Waals surface area (Å²) in [5, 5.41) is 10.4. The quantitative estimate of drug-likeness (QED) is 0.885. The van der Waals surface area contributed by atoms with Gasteiger partial charge in [-0.15, -0.1) is 0 Å². The summed E-state index contributed by atoms with van der Waals surface area (Å²) in [7, 11) is 3.06. The van der Waals surface area contributed by atoms with E-state index in [2.05, 4.69) is 15.9 Å². The molecule has 0 heterocycles. The molecule has 2 aromatic carbocycles. The van der Waals surface area contributed by atoms with Gasteiger partial charge in [-0.05, 0) is 29.8 Å². The molecule has 0 saturated carbocycles. The first-order valence-corrected chi connectivity index (χ1v) is 7.19. The summed E-state index contributed by atoms with van der Waals surface area (Å²) in [4.78, 5) is 0. The fourth-order valence-corrected chi connectivity index (χ4v) is 2.60. The Bertz CT molecular complexity index is 631. The number of hydrogen-bond acceptors (Lipinski definition) is 3. The van der Waals surface area contributed by atoms with Crippen LogP contribution in [0, 0.1) is 5.82 Å². The second-order valence-electron chi connectivity index (χ2n) is 4.54. The van der Waals surface area contributed by atoms with Gasteiger partial charge in [-0.3, -0.25) is 0 Å². The van der Waals surface area contributed by atoms with Gasteiger partial charge in [0.2, 0.25) is 0 Å². The number of para-hydroxylation sites is 1. The van der Waals surface area contributed by atoms with E-state index in [0.717, 1.165) is 4.47 Å². The van der Waals surface area contributed by atoms with Crippen molar-refractivity contribution in [1.29, 1.82) is 0 Å². The smallest absolute Gasteiger partial charge is 0.166 e. The minimum absolute atomic E-state index is 0.266. The van der Waals surface area contributed by atoms with Gasteiger partial charge in [-0.25, -0.2) is 4.39 Å². The Morgan fingerprint density at radius 3 is 2.62 bits per heavy atom. The fourth-order valence-electron chi connectivity index (χ4n) is 2.19. The van der Waals surface area contributed by atoms with Crippen LogP contribution < -0.4 is 9.47 Å². The molecule has 1 unspecified atom stereocenters. The Balaban J connectivity index is 2.32. The maximum absolute atomic E-state index is 13.3. The molecule has 0 aliphatic rings. The molecule has 0 aromatic heterocycles. The predicted octanol–water partition coefficient (Wildman–Crippen LogP) is 3.88. The Morgan fingerprint density at radius 1 is 1.19 bits per heavy atom. The van der Waals surface area contributed by atoms with Crippen LogP contribution in [0.4, 0.5) is 4.39 Å². The van der Waals surface area contributed by atoms with Gasteiger partial charge < -0.3 is 14.6 Å². The second-order valence-corrected chi connectivity index (χ2v) is 5.39. The van der Waals surface area contributed by atoms with Crippen molar-refractivity contribution in [2.45, 2.75) is 12.5 Å². The van der Waals surface area contributed by atoms with Crippen LogP contribution in [0.5, 0.6) is 11.5 Å². The minimum Gasteiger partial charge on any atom is -0.493 e. The first-order valence-electron chi connectivity index (χ1n) is 6.39. The van der Waals surface area contributed by atoms with Crippen molar-refractivity contribution in [3.63, 3.8) is 0 Å². The maximum Gasteiger partial charge on any atom is 0.166 e. The highest BCUT2D eigenvalue weighted by Crippen LogP contribution is 2.36. The third-order valence-corrected chi connectivity index (χ3v) is 3.99. The zero-order valence-corrected chi connectivity index (χ0v) is 13.4. The molecule has 5 heteroatoms. The van der Waals surface area contributed by atoms with E-state index in [0.29, 0.717) is 22.6 Å². The van der Waals surface area contributed by atoms with Crippen molar-refractivity contribution in [2.24, 2.45) is 0 Å². The number of hydrogen-bond donors (Lipinski definition) is 1. The van der Waals surface area contributed by atoms with E-state index >= 15 is 0 Å². The third kappa shape index (κ3) is 3.54. The molecule has 0 amide bonds. The van der Waals surface area contributed by atoms with E-state index in [1.807, 2.05) is 0 Å². The van der Waals surface area contributed by atoms with Gasteiger partial charge in [0.1, 0.15) is 5.82 Å². The van der Waals surface area contributed by atoms with Crippen molar-refractivity contribution in [3.05, 3.63) is 57.8 Å². The third-order valence-electron chi connectivity index (χ3n) is 3.21. The molecule has 0 fully saturated rings. The van der Waals surface area contributed by atoms with Crippen LogP contribution >= 0.6 is 15.9 Å². The monoisotopic (exact) mass is 354 g/mol. The minimum atomic E-state index is -0.826. The zero-order chi connectivity index (χ0) is 15.4. The van der Waals surface area contributed by atoms with Crippen LogP contribution in [-0.4, -0.2) is 19.3 Å². The van der Waals surface area contributed by atoms with Crippen LogP contribution in [0.2, 0.25) is 0 Å². The summed E-state index contributed by atoms with van der Waals surface area (Å²) in [6.45, 7) is 0. The van der Waals surface area contributed by atoms with Gasteiger partial charge in [-0.1, -0.05) is 28.1 Å². The van der Waals surface area contributed by atoms with Crippen molar-refractivity contribution in [1.82, 2.24) is 0 Å². The first-order chi connectivity index (χ1) is 10.1. The lowest BCUT2D eigenvalue weighted by Crippen LogP contribution is -2.06. The maximum atomic E-state index is 13.3. The molecule has 0 spiro atoms. The molecule has 2 aromatic rings. The van der Waals surface area contributed by atoms with E-state index < -0.39 is 6.10 Å².